The number of hydrogen-bond acceptors (Lipinski definition) is 8. The Labute approximate surface area is 292 Å². The summed E-state index contributed by atoms with van der Waals surface area (Å²) in [6.07, 6.45) is 0.858. The molecule has 3 aliphatic heterocycles. The zero-order chi connectivity index (χ0) is 34.7. The largest absolute Gasteiger partial charge is 0.392 e. The van der Waals surface area contributed by atoms with Crippen LogP contribution in [0.4, 0.5) is 11.4 Å². The number of nitrogens with zero attached hydrogens (tertiary/aromatic N) is 2. The number of hydrogen-bond donors (Lipinski definition) is 3. The third kappa shape index (κ3) is 7.06. The van der Waals surface area contributed by atoms with Gasteiger partial charge < -0.3 is 35.0 Å². The van der Waals surface area contributed by atoms with Crippen molar-refractivity contribution in [3.05, 3.63) is 131 Å². The zero-order valence-corrected chi connectivity index (χ0v) is 28.1. The third-order valence-corrected chi connectivity index (χ3v) is 10.1. The number of carbonyl (C=O) groups excluding carboxylic acids is 3. The van der Waals surface area contributed by atoms with Crippen LogP contribution in [0.15, 0.2) is 103 Å². The maximum absolute atomic E-state index is 13.3. The minimum atomic E-state index is -0.727. The number of Topliss-reactive ketones (excluding diaryl/α,β-unsaturated/α-hetero) is 1. The lowest BCUT2D eigenvalue weighted by Crippen LogP contribution is -2.57. The third-order valence-electron chi connectivity index (χ3n) is 10.1. The summed E-state index contributed by atoms with van der Waals surface area (Å²) in [5.74, 6) is -0.295. The van der Waals surface area contributed by atoms with Crippen LogP contribution in [0.25, 0.3) is 0 Å². The second kappa shape index (κ2) is 14.5. The van der Waals surface area contributed by atoms with E-state index in [0.717, 1.165) is 35.5 Å². The van der Waals surface area contributed by atoms with E-state index in [1.54, 1.807) is 36.4 Å². The van der Waals surface area contributed by atoms with Gasteiger partial charge >= 0.3 is 0 Å². The van der Waals surface area contributed by atoms with Crippen LogP contribution in [0, 0.1) is 0 Å². The first-order valence-corrected chi connectivity index (χ1v) is 17.2. The number of ether oxygens (including phenoxy) is 2. The normalized spacial score (nSPS) is 21.9. The first-order valence-electron chi connectivity index (χ1n) is 17.2. The molecule has 3 saturated heterocycles. The van der Waals surface area contributed by atoms with Crippen LogP contribution in [0.1, 0.15) is 76.0 Å². The van der Waals surface area contributed by atoms with Crippen LogP contribution in [0.3, 0.4) is 0 Å². The van der Waals surface area contributed by atoms with E-state index in [0.29, 0.717) is 49.3 Å². The summed E-state index contributed by atoms with van der Waals surface area (Å²) in [5.41, 5.74) is 4.50. The van der Waals surface area contributed by atoms with Crippen LogP contribution < -0.4 is 15.5 Å². The van der Waals surface area contributed by atoms with Gasteiger partial charge in [0, 0.05) is 54.1 Å². The molecule has 4 aromatic carbocycles. The molecule has 1 spiro atoms. The van der Waals surface area contributed by atoms with Gasteiger partial charge in [0.15, 0.2) is 12.1 Å². The van der Waals surface area contributed by atoms with E-state index in [1.807, 2.05) is 54.6 Å². The van der Waals surface area contributed by atoms with E-state index in [9.17, 15) is 19.5 Å². The van der Waals surface area contributed by atoms with E-state index >= 15 is 0 Å². The maximum atomic E-state index is 13.3. The van der Waals surface area contributed by atoms with Crippen molar-refractivity contribution in [2.75, 3.05) is 36.5 Å². The molecule has 50 heavy (non-hydrogen) atoms. The smallest absolute Gasteiger partial charge is 0.255 e. The molecule has 10 heteroatoms. The Hall–Kier alpha value is -4.87. The lowest BCUT2D eigenvalue weighted by Gasteiger charge is -2.45. The minimum Gasteiger partial charge on any atom is -0.392 e. The fraction of sp³-hybridized carbons (Fsp3) is 0.325. The van der Waals surface area contributed by atoms with Gasteiger partial charge in [0.2, 0.25) is 5.91 Å². The molecule has 0 bridgehead atoms. The van der Waals surface area contributed by atoms with Gasteiger partial charge in [-0.1, -0.05) is 66.7 Å². The molecule has 3 fully saturated rings. The highest BCUT2D eigenvalue weighted by molar-refractivity contribution is 6.05. The number of aliphatic hydroxyl groups excluding tert-OH is 1. The van der Waals surface area contributed by atoms with Crippen molar-refractivity contribution in [3.63, 3.8) is 0 Å². The van der Waals surface area contributed by atoms with Crippen LogP contribution in [-0.4, -0.2) is 65.5 Å². The predicted octanol–water partition coefficient (Wildman–Crippen LogP) is 5.61. The van der Waals surface area contributed by atoms with E-state index in [-0.39, 0.29) is 36.4 Å². The molecule has 10 nitrogen and oxygen atoms in total. The molecular weight excluding hydrogens is 632 g/mol. The van der Waals surface area contributed by atoms with Gasteiger partial charge in [0.1, 0.15) is 5.54 Å². The number of ketones is 1. The fourth-order valence-electron chi connectivity index (χ4n) is 7.30. The molecule has 3 aliphatic rings. The molecule has 3 atom stereocenters. The van der Waals surface area contributed by atoms with Crippen LogP contribution in [0.2, 0.25) is 0 Å². The summed E-state index contributed by atoms with van der Waals surface area (Å²) < 4.78 is 13.2. The highest BCUT2D eigenvalue weighted by Crippen LogP contribution is 2.40. The first-order chi connectivity index (χ1) is 24.3. The van der Waals surface area contributed by atoms with Crippen molar-refractivity contribution < 1.29 is 29.0 Å². The van der Waals surface area contributed by atoms with Crippen molar-refractivity contribution in [1.29, 1.82) is 0 Å². The number of aliphatic hydroxyl groups is 1. The molecule has 0 aromatic heterocycles. The number of rotatable bonds is 9. The summed E-state index contributed by atoms with van der Waals surface area (Å²) >= 11 is 0. The average Bonchev–Trinajstić information content (AvgIpc) is 3.47. The van der Waals surface area contributed by atoms with Crippen LogP contribution in [-0.2, 0) is 20.9 Å². The summed E-state index contributed by atoms with van der Waals surface area (Å²) in [6, 6.07) is 32.0. The summed E-state index contributed by atoms with van der Waals surface area (Å²) in [4.78, 5) is 43.0. The molecular formula is C40H42N4O6. The average molecular weight is 675 g/mol. The van der Waals surface area contributed by atoms with Gasteiger partial charge in [0.25, 0.3) is 5.91 Å². The molecule has 2 amide bonds. The van der Waals surface area contributed by atoms with Crippen molar-refractivity contribution in [2.24, 2.45) is 0 Å². The zero-order valence-electron chi connectivity index (χ0n) is 28.1. The number of anilines is 2. The minimum absolute atomic E-state index is 0.0375. The summed E-state index contributed by atoms with van der Waals surface area (Å²) in [7, 11) is 0. The molecule has 7 rings (SSSR count). The van der Waals surface area contributed by atoms with Crippen LogP contribution >= 0.6 is 0 Å². The molecule has 3 unspecified atom stereocenters. The number of amides is 2. The van der Waals surface area contributed by atoms with E-state index in [1.165, 1.54) is 6.92 Å². The lowest BCUT2D eigenvalue weighted by molar-refractivity contribution is -0.253. The summed E-state index contributed by atoms with van der Waals surface area (Å²) in [5, 5.41) is 15.6. The van der Waals surface area contributed by atoms with Crippen molar-refractivity contribution >= 4 is 29.0 Å². The number of piperidine rings is 1. The Bertz CT molecular complexity index is 1840. The highest BCUT2D eigenvalue weighted by atomic mass is 16.7. The van der Waals surface area contributed by atoms with Gasteiger partial charge in [0.05, 0.1) is 25.5 Å². The molecule has 3 heterocycles. The molecule has 3 N–H and O–H groups in total. The SMILES string of the molecule is CC(=O)c1cccc(NC(=O)c2cccc(C3OC(CN4CCC5(CC4)C(=O)NCN5c4ccccc4)CC(c4ccc(CO)cc4)O3)c2)c1. The second-order valence-corrected chi connectivity index (χ2v) is 13.3. The number of carbonyl (C=O) groups is 3. The monoisotopic (exact) mass is 674 g/mol. The predicted molar refractivity (Wildman–Crippen MR) is 190 cm³/mol. The van der Waals surface area contributed by atoms with Crippen LogP contribution in [0.5, 0.6) is 0 Å². The van der Waals surface area contributed by atoms with Gasteiger partial charge in [-0.2, -0.15) is 0 Å². The van der Waals surface area contributed by atoms with Gasteiger partial charge in [-0.25, -0.2) is 0 Å². The van der Waals surface area contributed by atoms with Gasteiger partial charge in [-0.05, 0) is 67.3 Å². The maximum Gasteiger partial charge on any atom is 0.255 e. The lowest BCUT2D eigenvalue weighted by atomic mass is 9.85. The summed E-state index contributed by atoms with van der Waals surface area (Å²) in [6.45, 7) is 4.12. The Morgan fingerprint density at radius 1 is 0.880 bits per heavy atom. The number of likely N-dealkylation sites (tertiary alicyclic amines) is 1. The molecule has 0 saturated carbocycles. The van der Waals surface area contributed by atoms with E-state index in [2.05, 4.69) is 32.6 Å². The van der Waals surface area contributed by atoms with Crippen molar-refractivity contribution in [1.82, 2.24) is 10.2 Å². The molecule has 4 aromatic rings. The first kappa shape index (κ1) is 33.6. The second-order valence-electron chi connectivity index (χ2n) is 13.3. The number of nitrogens with one attached hydrogen (secondary N) is 2. The van der Waals surface area contributed by atoms with E-state index < -0.39 is 11.8 Å². The topological polar surface area (TPSA) is 120 Å². The molecule has 258 valence electrons. The quantitative estimate of drug-likeness (QED) is 0.196. The van der Waals surface area contributed by atoms with E-state index in [4.69, 9.17) is 9.47 Å². The van der Waals surface area contributed by atoms with Crippen molar-refractivity contribution in [3.8, 4) is 0 Å². The molecule has 0 radical (unpaired) electrons. The standard InChI is InChI=1S/C40H42N4O6/c1-27(46)30-7-6-10-33(22-30)42-37(47)31-8-5-9-32(21-31)38-49-35(23-36(50-38)29-15-13-28(25-45)14-16-29)24-43-19-17-40(18-20-43)39(48)41-26-44(40)34-11-3-2-4-12-34/h2-16,21-22,35-36,38,45H,17-20,23-26H2,1H3,(H,41,48)(H,42,47). The fourth-order valence-corrected chi connectivity index (χ4v) is 7.30. The van der Waals surface area contributed by atoms with Gasteiger partial charge in [-0.15, -0.1) is 0 Å². The number of benzene rings is 4. The Balaban J connectivity index is 1.08. The van der Waals surface area contributed by atoms with Gasteiger partial charge in [-0.3, -0.25) is 14.4 Å². The Kier molecular flexibility index (Phi) is 9.78. The van der Waals surface area contributed by atoms with Crippen molar-refractivity contribution in [2.45, 2.75) is 56.8 Å². The molecule has 0 aliphatic carbocycles. The number of para-hydroxylation sites is 1. The Morgan fingerprint density at radius 2 is 1.62 bits per heavy atom. The Morgan fingerprint density at radius 3 is 2.36 bits per heavy atom. The highest BCUT2D eigenvalue weighted by Gasteiger charge is 2.50.